The second kappa shape index (κ2) is 7.74. The van der Waals surface area contributed by atoms with E-state index in [1.165, 1.54) is 10.9 Å². The highest BCUT2D eigenvalue weighted by Gasteiger charge is 2.25. The molecule has 2 aromatic heterocycles. The van der Waals surface area contributed by atoms with Crippen LogP contribution in [0.1, 0.15) is 18.4 Å². The first kappa shape index (κ1) is 18.1. The molecule has 0 spiro atoms. The van der Waals surface area contributed by atoms with Crippen molar-refractivity contribution in [3.8, 4) is 0 Å². The molecule has 0 bridgehead atoms. The fourth-order valence-electron chi connectivity index (χ4n) is 3.89. The number of aryl methyl sites for hydroxylation is 1. The van der Waals surface area contributed by atoms with Gasteiger partial charge < -0.3 is 19.9 Å². The van der Waals surface area contributed by atoms with Crippen LogP contribution in [0.15, 0.2) is 36.8 Å². The van der Waals surface area contributed by atoms with Gasteiger partial charge in [0, 0.05) is 48.3 Å². The third-order valence-electron chi connectivity index (χ3n) is 5.27. The summed E-state index contributed by atoms with van der Waals surface area (Å²) in [4.78, 5) is 10.9. The van der Waals surface area contributed by atoms with Crippen molar-refractivity contribution >= 4 is 34.1 Å². The molecule has 3 aromatic rings. The van der Waals surface area contributed by atoms with E-state index < -0.39 is 0 Å². The summed E-state index contributed by atoms with van der Waals surface area (Å²) < 4.78 is 2.11. The number of rotatable bonds is 6. The van der Waals surface area contributed by atoms with Gasteiger partial charge in [-0.15, -0.1) is 0 Å². The van der Waals surface area contributed by atoms with Crippen LogP contribution >= 0.6 is 11.6 Å². The minimum absolute atomic E-state index is 0.162. The summed E-state index contributed by atoms with van der Waals surface area (Å²) in [5.41, 5.74) is 2.43. The lowest BCUT2D eigenvalue weighted by atomic mass is 10.1. The van der Waals surface area contributed by atoms with Crippen molar-refractivity contribution in [3.63, 3.8) is 0 Å². The molecule has 1 aromatic carbocycles. The number of fused-ring (bicyclic) bond motifs is 1. The summed E-state index contributed by atoms with van der Waals surface area (Å²) in [6.45, 7) is 1.87. The molecule has 0 saturated carbocycles. The zero-order chi connectivity index (χ0) is 18.8. The number of aliphatic hydroxyl groups excluding tert-OH is 1. The number of hydrogen-bond donors (Lipinski definition) is 2. The standard InChI is InChI=1S/C20H24ClN5O/c1-25-11-14(17-5-4-15(21)9-18(17)25)6-7-22-19-10-20(24-13-23-19)26-8-2-3-16(26)12-27/h4-5,9-11,13,16,27H,2-3,6-8,12H2,1H3,(H,22,23,24). The maximum absolute atomic E-state index is 9.53. The van der Waals surface area contributed by atoms with E-state index in [1.807, 2.05) is 25.2 Å². The molecule has 1 unspecified atom stereocenters. The van der Waals surface area contributed by atoms with Crippen LogP contribution in [0, 0.1) is 0 Å². The van der Waals surface area contributed by atoms with Crippen LogP contribution in [0.2, 0.25) is 5.02 Å². The molecule has 27 heavy (non-hydrogen) atoms. The van der Waals surface area contributed by atoms with E-state index in [-0.39, 0.29) is 12.6 Å². The smallest absolute Gasteiger partial charge is 0.134 e. The topological polar surface area (TPSA) is 66.2 Å². The van der Waals surface area contributed by atoms with Crippen molar-refractivity contribution in [2.45, 2.75) is 25.3 Å². The summed E-state index contributed by atoms with van der Waals surface area (Å²) in [7, 11) is 2.04. The highest BCUT2D eigenvalue weighted by Crippen LogP contribution is 2.26. The number of halogens is 1. The predicted molar refractivity (Wildman–Crippen MR) is 110 cm³/mol. The first-order valence-corrected chi connectivity index (χ1v) is 9.70. The number of nitrogens with zero attached hydrogens (tertiary/aromatic N) is 4. The van der Waals surface area contributed by atoms with Crippen molar-refractivity contribution in [3.05, 3.63) is 47.4 Å². The molecular weight excluding hydrogens is 362 g/mol. The first-order chi connectivity index (χ1) is 13.2. The Labute approximate surface area is 163 Å². The Bertz CT molecular complexity index is 941. The van der Waals surface area contributed by atoms with Crippen LogP contribution in [-0.2, 0) is 13.5 Å². The Morgan fingerprint density at radius 3 is 3.04 bits per heavy atom. The Morgan fingerprint density at radius 1 is 1.30 bits per heavy atom. The number of aliphatic hydroxyl groups is 1. The second-order valence-electron chi connectivity index (χ2n) is 7.04. The van der Waals surface area contributed by atoms with Gasteiger partial charge in [0.1, 0.15) is 18.0 Å². The molecule has 4 rings (SSSR count). The SMILES string of the molecule is Cn1cc(CCNc2cc(N3CCCC3CO)ncn2)c2ccc(Cl)cc21. The van der Waals surface area contributed by atoms with Gasteiger partial charge in [-0.3, -0.25) is 0 Å². The molecule has 6 nitrogen and oxygen atoms in total. The molecule has 0 radical (unpaired) electrons. The number of hydrogen-bond acceptors (Lipinski definition) is 5. The number of anilines is 2. The van der Waals surface area contributed by atoms with Gasteiger partial charge >= 0.3 is 0 Å². The van der Waals surface area contributed by atoms with E-state index in [1.54, 1.807) is 6.33 Å². The molecular formula is C20H24ClN5O. The minimum Gasteiger partial charge on any atom is -0.394 e. The van der Waals surface area contributed by atoms with Crippen LogP contribution < -0.4 is 10.2 Å². The van der Waals surface area contributed by atoms with Crippen molar-refractivity contribution in [2.24, 2.45) is 7.05 Å². The minimum atomic E-state index is 0.162. The summed E-state index contributed by atoms with van der Waals surface area (Å²) in [5, 5.41) is 14.9. The van der Waals surface area contributed by atoms with Crippen LogP contribution in [-0.4, -0.2) is 45.4 Å². The van der Waals surface area contributed by atoms with Gasteiger partial charge in [-0.1, -0.05) is 17.7 Å². The molecule has 1 atom stereocenters. The van der Waals surface area contributed by atoms with Gasteiger partial charge in [-0.25, -0.2) is 9.97 Å². The lowest BCUT2D eigenvalue weighted by Crippen LogP contribution is -2.32. The Hall–Kier alpha value is -2.31. The maximum atomic E-state index is 9.53. The van der Waals surface area contributed by atoms with E-state index >= 15 is 0 Å². The molecule has 7 heteroatoms. The normalized spacial score (nSPS) is 17.0. The molecule has 1 aliphatic rings. The highest BCUT2D eigenvalue weighted by molar-refractivity contribution is 6.31. The third-order valence-corrected chi connectivity index (χ3v) is 5.51. The van der Waals surface area contributed by atoms with Crippen LogP contribution in [0.5, 0.6) is 0 Å². The van der Waals surface area contributed by atoms with Gasteiger partial charge in [-0.05, 0) is 37.0 Å². The lowest BCUT2D eigenvalue weighted by Gasteiger charge is -2.24. The lowest BCUT2D eigenvalue weighted by molar-refractivity contribution is 0.266. The summed E-state index contributed by atoms with van der Waals surface area (Å²) in [6.07, 6.45) is 6.73. The molecule has 1 fully saturated rings. The maximum Gasteiger partial charge on any atom is 0.134 e. The van der Waals surface area contributed by atoms with Crippen molar-refractivity contribution in [1.82, 2.24) is 14.5 Å². The summed E-state index contributed by atoms with van der Waals surface area (Å²) in [5.74, 6) is 1.69. The average molecular weight is 386 g/mol. The van der Waals surface area contributed by atoms with Crippen molar-refractivity contribution in [2.75, 3.05) is 29.9 Å². The molecule has 2 N–H and O–H groups in total. The number of benzene rings is 1. The Balaban J connectivity index is 1.43. The second-order valence-corrected chi connectivity index (χ2v) is 7.47. The van der Waals surface area contributed by atoms with Crippen LogP contribution in [0.3, 0.4) is 0 Å². The van der Waals surface area contributed by atoms with E-state index in [0.717, 1.165) is 54.5 Å². The van der Waals surface area contributed by atoms with Crippen LogP contribution in [0.4, 0.5) is 11.6 Å². The van der Waals surface area contributed by atoms with Crippen molar-refractivity contribution < 1.29 is 5.11 Å². The fourth-order valence-corrected chi connectivity index (χ4v) is 4.06. The van der Waals surface area contributed by atoms with E-state index in [9.17, 15) is 5.11 Å². The first-order valence-electron chi connectivity index (χ1n) is 9.32. The number of aromatic nitrogens is 3. The molecule has 0 amide bonds. The monoisotopic (exact) mass is 385 g/mol. The van der Waals surface area contributed by atoms with Crippen LogP contribution in [0.25, 0.3) is 10.9 Å². The largest absolute Gasteiger partial charge is 0.394 e. The summed E-state index contributed by atoms with van der Waals surface area (Å²) >= 11 is 6.11. The van der Waals surface area contributed by atoms with E-state index in [0.29, 0.717) is 0 Å². The van der Waals surface area contributed by atoms with Gasteiger partial charge in [-0.2, -0.15) is 0 Å². The zero-order valence-electron chi connectivity index (χ0n) is 15.4. The third kappa shape index (κ3) is 3.73. The molecule has 1 aliphatic heterocycles. The molecule has 1 saturated heterocycles. The molecule has 142 valence electrons. The predicted octanol–water partition coefficient (Wildman–Crippen LogP) is 3.24. The Kier molecular flexibility index (Phi) is 5.18. The van der Waals surface area contributed by atoms with Gasteiger partial charge in [0.05, 0.1) is 12.6 Å². The number of nitrogens with one attached hydrogen (secondary N) is 1. The zero-order valence-corrected chi connectivity index (χ0v) is 16.2. The highest BCUT2D eigenvalue weighted by atomic mass is 35.5. The van der Waals surface area contributed by atoms with Gasteiger partial charge in [0.25, 0.3) is 0 Å². The van der Waals surface area contributed by atoms with Gasteiger partial charge in [0.2, 0.25) is 0 Å². The van der Waals surface area contributed by atoms with E-state index in [4.69, 9.17) is 11.6 Å². The van der Waals surface area contributed by atoms with Crippen molar-refractivity contribution in [1.29, 1.82) is 0 Å². The molecule has 0 aliphatic carbocycles. The summed E-state index contributed by atoms with van der Waals surface area (Å²) in [6, 6.07) is 8.15. The quantitative estimate of drug-likeness (QED) is 0.682. The average Bonchev–Trinajstić information content (AvgIpc) is 3.27. The fraction of sp³-hybridized carbons (Fsp3) is 0.400. The van der Waals surface area contributed by atoms with E-state index in [2.05, 4.69) is 37.0 Å². The van der Waals surface area contributed by atoms with Gasteiger partial charge in [0.15, 0.2) is 0 Å². The molecule has 3 heterocycles. The Morgan fingerprint density at radius 2 is 2.19 bits per heavy atom.